The number of hydrogen-bond acceptors (Lipinski definition) is 4. The number of carbonyl (C=O) groups is 1. The molecular formula is C15H24N2O2S. The second-order valence-electron chi connectivity index (χ2n) is 5.42. The van der Waals surface area contributed by atoms with E-state index in [1.54, 1.807) is 18.4 Å². The summed E-state index contributed by atoms with van der Waals surface area (Å²) < 4.78 is 5.04. The van der Waals surface area contributed by atoms with Crippen LogP contribution in [0.25, 0.3) is 0 Å². The maximum atomic E-state index is 12.5. The van der Waals surface area contributed by atoms with E-state index in [9.17, 15) is 4.79 Å². The van der Waals surface area contributed by atoms with Crippen LogP contribution in [0.2, 0.25) is 0 Å². The van der Waals surface area contributed by atoms with Crippen molar-refractivity contribution >= 4 is 17.2 Å². The number of methoxy groups -OCH3 is 1. The van der Waals surface area contributed by atoms with Crippen LogP contribution in [0.3, 0.4) is 0 Å². The highest BCUT2D eigenvalue weighted by atomic mass is 32.1. The Morgan fingerprint density at radius 1 is 1.50 bits per heavy atom. The zero-order valence-corrected chi connectivity index (χ0v) is 13.2. The van der Waals surface area contributed by atoms with E-state index in [0.717, 1.165) is 39.0 Å². The van der Waals surface area contributed by atoms with Gasteiger partial charge in [0.25, 0.3) is 0 Å². The van der Waals surface area contributed by atoms with Gasteiger partial charge in [-0.15, -0.1) is 11.3 Å². The van der Waals surface area contributed by atoms with Gasteiger partial charge < -0.3 is 9.64 Å². The van der Waals surface area contributed by atoms with E-state index in [0.29, 0.717) is 12.6 Å². The smallest absolute Gasteiger partial charge is 0.237 e. The molecule has 1 aromatic rings. The largest absolute Gasteiger partial charge is 0.385 e. The first-order valence-corrected chi connectivity index (χ1v) is 8.08. The Kier molecular flexibility index (Phi) is 6.01. The maximum Gasteiger partial charge on any atom is 0.237 e. The van der Waals surface area contributed by atoms with Gasteiger partial charge in [-0.3, -0.25) is 9.69 Å². The van der Waals surface area contributed by atoms with E-state index in [1.807, 2.05) is 13.1 Å². The summed E-state index contributed by atoms with van der Waals surface area (Å²) in [6, 6.07) is 4.62. The molecule has 0 saturated heterocycles. The van der Waals surface area contributed by atoms with Gasteiger partial charge in [0.2, 0.25) is 5.91 Å². The summed E-state index contributed by atoms with van der Waals surface area (Å²) in [5.74, 6) is 0.251. The van der Waals surface area contributed by atoms with Crippen LogP contribution < -0.4 is 0 Å². The minimum absolute atomic E-state index is 0.251. The number of ether oxygens (including phenoxy) is 1. The molecule has 112 valence electrons. The van der Waals surface area contributed by atoms with Gasteiger partial charge in [0.1, 0.15) is 0 Å². The quantitative estimate of drug-likeness (QED) is 0.655. The molecule has 20 heavy (non-hydrogen) atoms. The van der Waals surface area contributed by atoms with Crippen LogP contribution in [0.5, 0.6) is 0 Å². The monoisotopic (exact) mass is 296 g/mol. The van der Waals surface area contributed by atoms with Crippen molar-refractivity contribution in [3.8, 4) is 0 Å². The molecule has 0 bridgehead atoms. The second-order valence-corrected chi connectivity index (χ2v) is 6.45. The number of carbonyl (C=O) groups excluding carboxylic acids is 1. The lowest BCUT2D eigenvalue weighted by Crippen LogP contribution is -2.40. The standard InChI is InChI=1S/C15H24N2O2S/c1-16(8-4-9-19-2)12-15(18)17(13-6-7-13)11-14-5-3-10-20-14/h3,5,10,13H,4,6-9,11-12H2,1-2H3. The average molecular weight is 296 g/mol. The molecule has 0 aromatic carbocycles. The number of amides is 1. The molecule has 1 heterocycles. The van der Waals surface area contributed by atoms with Gasteiger partial charge in [-0.1, -0.05) is 6.07 Å². The third-order valence-electron chi connectivity index (χ3n) is 3.51. The van der Waals surface area contributed by atoms with Gasteiger partial charge in [0.15, 0.2) is 0 Å². The summed E-state index contributed by atoms with van der Waals surface area (Å²) in [5, 5.41) is 2.07. The van der Waals surface area contributed by atoms with Gasteiger partial charge in [-0.2, -0.15) is 0 Å². The Morgan fingerprint density at radius 2 is 2.30 bits per heavy atom. The summed E-state index contributed by atoms with van der Waals surface area (Å²) in [6.07, 6.45) is 3.28. The van der Waals surface area contributed by atoms with Crippen molar-refractivity contribution in [1.29, 1.82) is 0 Å². The molecule has 2 rings (SSSR count). The van der Waals surface area contributed by atoms with Crippen LogP contribution in [0.15, 0.2) is 17.5 Å². The number of rotatable bonds is 9. The summed E-state index contributed by atoms with van der Waals surface area (Å²) in [4.78, 5) is 17.9. The van der Waals surface area contributed by atoms with Crippen molar-refractivity contribution in [2.75, 3.05) is 33.9 Å². The Balaban J connectivity index is 1.81. The van der Waals surface area contributed by atoms with Gasteiger partial charge in [0.05, 0.1) is 13.1 Å². The van der Waals surface area contributed by atoms with E-state index in [-0.39, 0.29) is 5.91 Å². The van der Waals surface area contributed by atoms with E-state index in [4.69, 9.17) is 4.74 Å². The molecule has 0 unspecified atom stereocenters. The first-order chi connectivity index (χ1) is 9.70. The van der Waals surface area contributed by atoms with Gasteiger partial charge in [0, 0.05) is 31.2 Å². The number of hydrogen-bond donors (Lipinski definition) is 0. The number of likely N-dealkylation sites (N-methyl/N-ethyl adjacent to an activating group) is 1. The molecule has 5 heteroatoms. The predicted molar refractivity (Wildman–Crippen MR) is 81.9 cm³/mol. The SMILES string of the molecule is COCCCN(C)CC(=O)N(Cc1cccs1)C1CC1. The van der Waals surface area contributed by atoms with Crippen molar-refractivity contribution in [3.63, 3.8) is 0 Å². The molecule has 0 radical (unpaired) electrons. The lowest BCUT2D eigenvalue weighted by molar-refractivity contribution is -0.133. The van der Waals surface area contributed by atoms with Crippen molar-refractivity contribution in [2.24, 2.45) is 0 Å². The molecule has 0 spiro atoms. The average Bonchev–Trinajstić information content (AvgIpc) is 3.13. The highest BCUT2D eigenvalue weighted by Crippen LogP contribution is 2.29. The normalized spacial score (nSPS) is 14.8. The van der Waals surface area contributed by atoms with E-state index in [1.165, 1.54) is 4.88 Å². The number of thiophene rings is 1. The Morgan fingerprint density at radius 3 is 2.90 bits per heavy atom. The fourth-order valence-electron chi connectivity index (χ4n) is 2.26. The van der Waals surface area contributed by atoms with Crippen LogP contribution in [0, 0.1) is 0 Å². The third-order valence-corrected chi connectivity index (χ3v) is 4.37. The second kappa shape index (κ2) is 7.76. The van der Waals surface area contributed by atoms with Gasteiger partial charge in [-0.25, -0.2) is 0 Å². The zero-order valence-electron chi connectivity index (χ0n) is 12.4. The molecule has 4 nitrogen and oxygen atoms in total. The molecule has 0 atom stereocenters. The zero-order chi connectivity index (χ0) is 14.4. The highest BCUT2D eigenvalue weighted by Gasteiger charge is 2.32. The number of nitrogens with zero attached hydrogens (tertiary/aromatic N) is 2. The summed E-state index contributed by atoms with van der Waals surface area (Å²) in [5.41, 5.74) is 0. The van der Waals surface area contributed by atoms with E-state index >= 15 is 0 Å². The lowest BCUT2D eigenvalue weighted by Gasteiger charge is -2.25. The molecule has 1 aromatic heterocycles. The van der Waals surface area contributed by atoms with Crippen molar-refractivity contribution < 1.29 is 9.53 Å². The lowest BCUT2D eigenvalue weighted by atomic mass is 10.3. The van der Waals surface area contributed by atoms with Crippen molar-refractivity contribution in [1.82, 2.24) is 9.80 Å². The predicted octanol–water partition coefficient (Wildman–Crippen LogP) is 2.21. The molecule has 0 N–H and O–H groups in total. The van der Waals surface area contributed by atoms with Crippen LogP contribution in [-0.2, 0) is 16.1 Å². The minimum Gasteiger partial charge on any atom is -0.385 e. The van der Waals surface area contributed by atoms with Crippen LogP contribution in [0.4, 0.5) is 0 Å². The van der Waals surface area contributed by atoms with Crippen LogP contribution >= 0.6 is 11.3 Å². The topological polar surface area (TPSA) is 32.8 Å². The fourth-order valence-corrected chi connectivity index (χ4v) is 2.96. The summed E-state index contributed by atoms with van der Waals surface area (Å²) in [7, 11) is 3.71. The molecular weight excluding hydrogens is 272 g/mol. The summed E-state index contributed by atoms with van der Waals surface area (Å²) in [6.45, 7) is 2.93. The maximum absolute atomic E-state index is 12.5. The van der Waals surface area contributed by atoms with E-state index < -0.39 is 0 Å². The Hall–Kier alpha value is -0.910. The van der Waals surface area contributed by atoms with E-state index in [2.05, 4.69) is 21.2 Å². The molecule has 1 amide bonds. The first-order valence-electron chi connectivity index (χ1n) is 7.20. The van der Waals surface area contributed by atoms with Gasteiger partial charge >= 0.3 is 0 Å². The van der Waals surface area contributed by atoms with Crippen molar-refractivity contribution in [2.45, 2.75) is 31.8 Å². The fraction of sp³-hybridized carbons (Fsp3) is 0.667. The molecule has 1 aliphatic carbocycles. The molecule has 1 saturated carbocycles. The minimum atomic E-state index is 0.251. The van der Waals surface area contributed by atoms with Crippen molar-refractivity contribution in [3.05, 3.63) is 22.4 Å². The highest BCUT2D eigenvalue weighted by molar-refractivity contribution is 7.09. The van der Waals surface area contributed by atoms with Crippen LogP contribution in [0.1, 0.15) is 24.1 Å². The molecule has 0 aliphatic heterocycles. The third kappa shape index (κ3) is 4.89. The molecule has 1 fully saturated rings. The molecule has 1 aliphatic rings. The van der Waals surface area contributed by atoms with Gasteiger partial charge in [-0.05, 0) is 37.8 Å². The summed E-state index contributed by atoms with van der Waals surface area (Å²) >= 11 is 1.73. The first kappa shape index (κ1) is 15.5. The van der Waals surface area contributed by atoms with Crippen LogP contribution in [-0.4, -0.2) is 55.6 Å². The Labute approximate surface area is 125 Å². The Bertz CT molecular complexity index is 404.